The lowest BCUT2D eigenvalue weighted by molar-refractivity contribution is 0.102. The van der Waals surface area contributed by atoms with E-state index in [9.17, 15) is 4.79 Å². The summed E-state index contributed by atoms with van der Waals surface area (Å²) in [5.74, 6) is -0.339. The summed E-state index contributed by atoms with van der Waals surface area (Å²) in [6, 6.07) is 11.8. The Morgan fingerprint density at radius 2 is 1.75 bits per heavy atom. The van der Waals surface area contributed by atoms with E-state index >= 15 is 0 Å². The Morgan fingerprint density at radius 3 is 2.46 bits per heavy atom. The lowest BCUT2D eigenvalue weighted by atomic mass is 10.0. The highest BCUT2D eigenvalue weighted by Crippen LogP contribution is 2.39. The van der Waals surface area contributed by atoms with Crippen LogP contribution in [0.25, 0.3) is 21.7 Å². The van der Waals surface area contributed by atoms with E-state index in [-0.39, 0.29) is 11.9 Å². The van der Waals surface area contributed by atoms with Gasteiger partial charge >= 0.3 is 0 Å². The van der Waals surface area contributed by atoms with E-state index in [0.29, 0.717) is 10.7 Å². The van der Waals surface area contributed by atoms with Crippen molar-refractivity contribution in [2.75, 3.05) is 5.32 Å². The molecule has 0 saturated carbocycles. The van der Waals surface area contributed by atoms with Gasteiger partial charge in [0.15, 0.2) is 5.13 Å². The first-order valence-corrected chi connectivity index (χ1v) is 9.54. The number of aromatic nitrogens is 3. The number of nitrogens with one attached hydrogen (secondary N) is 1. The summed E-state index contributed by atoms with van der Waals surface area (Å²) in [6.45, 7) is 4.11. The normalized spacial score (nSPS) is 11.1. The maximum absolute atomic E-state index is 12.6. The molecule has 6 heteroatoms. The molecule has 4 rings (SSSR count). The highest BCUT2D eigenvalue weighted by molar-refractivity contribution is 7.19. The lowest BCUT2D eigenvalue weighted by Gasteiger charge is -2.05. The summed E-state index contributed by atoms with van der Waals surface area (Å²) in [4.78, 5) is 26.3. The Kier molecular flexibility index (Phi) is 4.61. The van der Waals surface area contributed by atoms with Gasteiger partial charge in [-0.25, -0.2) is 4.98 Å². The molecular weight excluding hydrogens is 368 g/mol. The molecule has 0 unspecified atom stereocenters. The van der Waals surface area contributed by atoms with Crippen molar-refractivity contribution in [1.29, 1.82) is 0 Å². The number of anilines is 1. The predicted octanol–water partition coefficient (Wildman–Crippen LogP) is 5.14. The van der Waals surface area contributed by atoms with Gasteiger partial charge in [0.2, 0.25) is 0 Å². The van der Waals surface area contributed by atoms with Crippen LogP contribution in [0, 0.1) is 13.8 Å². The number of hydrogen-bond donors (Lipinski definition) is 1. The predicted molar refractivity (Wildman–Crippen MR) is 112 cm³/mol. The van der Waals surface area contributed by atoms with Crippen molar-refractivity contribution in [1.82, 2.24) is 15.0 Å². The number of rotatable bonds is 4. The summed E-state index contributed by atoms with van der Waals surface area (Å²) in [5.41, 5.74) is 5.43. The summed E-state index contributed by atoms with van der Waals surface area (Å²) in [5, 5.41) is 3.34. The van der Waals surface area contributed by atoms with Gasteiger partial charge in [-0.15, -0.1) is 0 Å². The summed E-state index contributed by atoms with van der Waals surface area (Å²) in [7, 11) is 0. The number of pyridine rings is 2. The van der Waals surface area contributed by atoms with Crippen LogP contribution in [0.15, 0.2) is 67.2 Å². The second-order valence-electron chi connectivity index (χ2n) is 6.44. The van der Waals surface area contributed by atoms with Crippen LogP contribution in [0.3, 0.4) is 0 Å². The zero-order chi connectivity index (χ0) is 20.4. The Hall–Kier alpha value is -3.38. The monoisotopic (exact) mass is 388 g/mol. The molecule has 138 valence electrons. The Labute approximate surface area is 168 Å². The highest BCUT2D eigenvalue weighted by atomic mass is 32.1. The molecule has 1 aromatic carbocycles. The number of aryl methyl sites for hydroxylation is 2. The average molecular weight is 388 g/mol. The largest absolute Gasteiger partial charge is 0.298 e. The summed E-state index contributed by atoms with van der Waals surface area (Å²) >= 11 is 1.41. The van der Waals surface area contributed by atoms with E-state index in [2.05, 4.69) is 47.3 Å². The Morgan fingerprint density at radius 1 is 1.00 bits per heavy atom. The van der Waals surface area contributed by atoms with Crippen LogP contribution in [-0.2, 0) is 0 Å². The van der Waals surface area contributed by atoms with Crippen LogP contribution in [0.2, 0.25) is 0 Å². The Balaban J connectivity index is 1.76. The number of carbonyl (C=O) groups excluding carboxylic acids is 1. The maximum atomic E-state index is 12.6. The molecule has 0 aliphatic rings. The first-order valence-electron chi connectivity index (χ1n) is 9.22. The minimum absolute atomic E-state index is 0.185. The van der Waals surface area contributed by atoms with Gasteiger partial charge in [0.05, 0.1) is 17.5 Å². The molecule has 3 heterocycles. The molecule has 1 N–H and O–H groups in total. The zero-order valence-electron chi connectivity index (χ0n) is 16.4. The van der Waals surface area contributed by atoms with E-state index in [4.69, 9.17) is 6.35 Å². The fourth-order valence-corrected chi connectivity index (χ4v) is 3.99. The van der Waals surface area contributed by atoms with Crippen molar-refractivity contribution in [3.63, 3.8) is 0 Å². The highest BCUT2D eigenvalue weighted by Gasteiger charge is 2.17. The van der Waals surface area contributed by atoms with Crippen LogP contribution < -0.4 is 5.32 Å². The van der Waals surface area contributed by atoms with Crippen molar-refractivity contribution >= 4 is 22.4 Å². The van der Waals surface area contributed by atoms with Gasteiger partial charge in [0.1, 0.15) is 0 Å². The number of hydrogen-bond acceptors (Lipinski definition) is 5. The standard InChI is InChI=1S/C22H18N4OS/c1-14-10-15(2)12-18(11-14)19-20(16-5-8-23-9-6-16)28-22(25-19)26-21(27)17-4-3-7-24-13-17/h3-13H,1-2H3,(H,25,26,27)/i3T. The molecule has 0 radical (unpaired) electrons. The molecule has 0 aliphatic carbocycles. The molecule has 0 fully saturated rings. The van der Waals surface area contributed by atoms with Crippen molar-refractivity contribution in [2.45, 2.75) is 13.8 Å². The molecule has 1 amide bonds. The minimum atomic E-state index is -0.339. The lowest BCUT2D eigenvalue weighted by Crippen LogP contribution is -2.11. The van der Waals surface area contributed by atoms with Crippen LogP contribution in [0.4, 0.5) is 5.13 Å². The van der Waals surface area contributed by atoms with Gasteiger partial charge < -0.3 is 0 Å². The van der Waals surface area contributed by atoms with E-state index in [1.807, 2.05) is 12.1 Å². The molecular formula is C22H18N4OS. The third-order valence-electron chi connectivity index (χ3n) is 4.15. The summed E-state index contributed by atoms with van der Waals surface area (Å²) < 4.78 is 7.65. The second kappa shape index (κ2) is 7.70. The van der Waals surface area contributed by atoms with Gasteiger partial charge in [-0.2, -0.15) is 0 Å². The average Bonchev–Trinajstić information content (AvgIpc) is 3.12. The van der Waals surface area contributed by atoms with Crippen molar-refractivity contribution < 1.29 is 6.17 Å². The molecule has 0 bridgehead atoms. The van der Waals surface area contributed by atoms with E-state index in [1.165, 1.54) is 29.8 Å². The maximum Gasteiger partial charge on any atom is 0.259 e. The topological polar surface area (TPSA) is 67.8 Å². The van der Waals surface area contributed by atoms with Gasteiger partial charge in [-0.3, -0.25) is 20.1 Å². The number of benzene rings is 1. The van der Waals surface area contributed by atoms with Gasteiger partial charge in [-0.1, -0.05) is 28.5 Å². The van der Waals surface area contributed by atoms with Crippen LogP contribution in [0.5, 0.6) is 0 Å². The summed E-state index contributed by atoms with van der Waals surface area (Å²) in [6.07, 6.45) is 6.31. The van der Waals surface area contributed by atoms with E-state index in [1.54, 1.807) is 12.4 Å². The molecule has 5 nitrogen and oxygen atoms in total. The molecule has 0 spiro atoms. The third kappa shape index (κ3) is 3.82. The number of nitrogens with zero attached hydrogens (tertiary/aromatic N) is 3. The SMILES string of the molecule is [3H]c1cncc(C(=O)Nc2nc(-c3cc(C)cc(C)c3)c(-c3ccncc3)s2)c1. The molecule has 0 aliphatic heterocycles. The van der Waals surface area contributed by atoms with Gasteiger partial charge in [0, 0.05) is 30.4 Å². The zero-order valence-corrected chi connectivity index (χ0v) is 16.2. The first kappa shape index (κ1) is 16.8. The van der Waals surface area contributed by atoms with E-state index in [0.717, 1.165) is 32.8 Å². The molecule has 4 aromatic rings. The molecule has 0 atom stereocenters. The smallest absolute Gasteiger partial charge is 0.259 e. The first-order chi connectivity index (χ1) is 14.0. The van der Waals surface area contributed by atoms with Crippen molar-refractivity contribution in [2.24, 2.45) is 0 Å². The Bertz CT molecular complexity index is 1170. The fraction of sp³-hybridized carbons (Fsp3) is 0.0909. The molecule has 3 aromatic heterocycles. The number of thiazole rings is 1. The van der Waals surface area contributed by atoms with Crippen molar-refractivity contribution in [3.8, 4) is 21.7 Å². The number of amides is 1. The van der Waals surface area contributed by atoms with Crippen LogP contribution in [-0.4, -0.2) is 20.9 Å². The minimum Gasteiger partial charge on any atom is -0.298 e. The van der Waals surface area contributed by atoms with Crippen molar-refractivity contribution in [3.05, 3.63) is 83.9 Å². The molecule has 28 heavy (non-hydrogen) atoms. The fourth-order valence-electron chi connectivity index (χ4n) is 3.00. The van der Waals surface area contributed by atoms with E-state index < -0.39 is 0 Å². The van der Waals surface area contributed by atoms with Gasteiger partial charge in [-0.05, 0) is 55.8 Å². The third-order valence-corrected chi connectivity index (χ3v) is 5.17. The van der Waals surface area contributed by atoms with Crippen LogP contribution in [0.1, 0.15) is 22.9 Å². The second-order valence-corrected chi connectivity index (χ2v) is 7.44. The van der Waals surface area contributed by atoms with Gasteiger partial charge in [0.25, 0.3) is 5.91 Å². The van der Waals surface area contributed by atoms with Crippen LogP contribution >= 0.6 is 11.3 Å². The quantitative estimate of drug-likeness (QED) is 0.526. The molecule has 0 saturated heterocycles. The number of carbonyl (C=O) groups is 1.